The van der Waals surface area contributed by atoms with E-state index in [1.54, 1.807) is 32.9 Å². The molecule has 1 aromatic carbocycles. The topological polar surface area (TPSA) is 142 Å². The molecule has 1 fully saturated rings. The lowest BCUT2D eigenvalue weighted by atomic mass is 10.0. The second-order valence-corrected chi connectivity index (χ2v) is 10.6. The molecule has 9 nitrogen and oxygen atoms in total. The Bertz CT molecular complexity index is 834. The summed E-state index contributed by atoms with van der Waals surface area (Å²) in [5, 5.41) is 28.8. The van der Waals surface area contributed by atoms with E-state index in [-0.39, 0.29) is 11.3 Å². The number of esters is 1. The van der Waals surface area contributed by atoms with Gasteiger partial charge >= 0.3 is 5.97 Å². The van der Waals surface area contributed by atoms with Crippen molar-refractivity contribution in [3.63, 3.8) is 0 Å². The van der Waals surface area contributed by atoms with E-state index in [0.717, 1.165) is 5.56 Å². The van der Waals surface area contributed by atoms with Crippen molar-refractivity contribution in [3.8, 4) is 0 Å². The average Bonchev–Trinajstić information content (AvgIpc) is 2.90. The molecule has 0 spiro atoms. The van der Waals surface area contributed by atoms with Crippen molar-refractivity contribution in [2.24, 2.45) is 0 Å². The van der Waals surface area contributed by atoms with Crippen molar-refractivity contribution >= 4 is 16.0 Å². The van der Waals surface area contributed by atoms with Gasteiger partial charge in [-0.3, -0.25) is 4.79 Å². The Labute approximate surface area is 183 Å². The van der Waals surface area contributed by atoms with Gasteiger partial charge in [0.15, 0.2) is 6.29 Å². The van der Waals surface area contributed by atoms with Crippen molar-refractivity contribution in [3.05, 3.63) is 29.8 Å². The van der Waals surface area contributed by atoms with Gasteiger partial charge in [0.05, 0.1) is 11.0 Å². The molecule has 0 aromatic heterocycles. The number of hydrogen-bond donors (Lipinski definition) is 4. The van der Waals surface area contributed by atoms with Gasteiger partial charge in [0, 0.05) is 0 Å². The van der Waals surface area contributed by atoms with Gasteiger partial charge in [0.1, 0.15) is 23.9 Å². The number of sulfonamides is 1. The van der Waals surface area contributed by atoms with Crippen LogP contribution in [-0.4, -0.2) is 66.0 Å². The van der Waals surface area contributed by atoms with Crippen LogP contribution in [0.3, 0.4) is 0 Å². The van der Waals surface area contributed by atoms with Gasteiger partial charge < -0.3 is 24.8 Å². The number of aryl methyl sites for hydroxylation is 1. The third-order valence-corrected chi connectivity index (χ3v) is 6.38. The van der Waals surface area contributed by atoms with Crippen molar-refractivity contribution in [1.29, 1.82) is 0 Å². The first-order chi connectivity index (χ1) is 14.3. The minimum absolute atomic E-state index is 0.0529. The number of benzene rings is 1. The number of unbranched alkanes of at least 4 members (excludes halogenated alkanes) is 1. The van der Waals surface area contributed by atoms with Crippen LogP contribution >= 0.6 is 0 Å². The van der Waals surface area contributed by atoms with Gasteiger partial charge in [-0.2, -0.15) is 4.72 Å². The first-order valence-electron chi connectivity index (χ1n) is 10.3. The summed E-state index contributed by atoms with van der Waals surface area (Å²) in [5.41, 5.74) is 0.132. The molecule has 0 radical (unpaired) electrons. The number of nitrogens with one attached hydrogen (secondary N) is 1. The monoisotopic (exact) mass is 459 g/mol. The molecule has 176 valence electrons. The average molecular weight is 460 g/mol. The summed E-state index contributed by atoms with van der Waals surface area (Å²) in [6.07, 6.45) is -3.30. The molecule has 10 heteroatoms. The summed E-state index contributed by atoms with van der Waals surface area (Å²) in [7, 11) is -3.93. The first kappa shape index (κ1) is 25.7. The molecule has 5 atom stereocenters. The molecule has 0 saturated carbocycles. The van der Waals surface area contributed by atoms with Gasteiger partial charge in [-0.15, -0.1) is 0 Å². The zero-order valence-electron chi connectivity index (χ0n) is 18.3. The van der Waals surface area contributed by atoms with Crippen LogP contribution in [0.1, 0.15) is 52.0 Å². The molecule has 0 aliphatic carbocycles. The largest absolute Gasteiger partial charge is 0.459 e. The SMILES string of the molecule is Cc1ccc(S(=O)(=O)N[C@@H](CCCC[C@H]2OC(O)[C@H](O)[C@@H]2O)C(=O)OC(C)(C)C)cc1. The van der Waals surface area contributed by atoms with E-state index >= 15 is 0 Å². The van der Waals surface area contributed by atoms with E-state index in [9.17, 15) is 28.5 Å². The van der Waals surface area contributed by atoms with Crippen molar-refractivity contribution in [1.82, 2.24) is 4.72 Å². The Kier molecular flexibility index (Phi) is 8.60. The molecule has 0 amide bonds. The smallest absolute Gasteiger partial charge is 0.324 e. The highest BCUT2D eigenvalue weighted by Gasteiger charge is 2.41. The third-order valence-electron chi connectivity index (χ3n) is 4.89. The van der Waals surface area contributed by atoms with E-state index < -0.39 is 52.2 Å². The summed E-state index contributed by atoms with van der Waals surface area (Å²) < 4.78 is 38.4. The Morgan fingerprint density at radius 2 is 1.74 bits per heavy atom. The summed E-state index contributed by atoms with van der Waals surface area (Å²) >= 11 is 0. The molecule has 1 heterocycles. The molecule has 31 heavy (non-hydrogen) atoms. The third kappa shape index (κ3) is 7.51. The van der Waals surface area contributed by atoms with Crippen LogP contribution in [-0.2, 0) is 24.3 Å². The number of carbonyl (C=O) groups excluding carboxylic acids is 1. The standard InChI is InChI=1S/C21H33NO8S/c1-13-9-11-14(12-10-13)31(27,28)22-15(19(25)30-21(2,3)4)7-5-6-8-16-17(23)18(24)20(26)29-16/h9-12,15-18,20,22-24,26H,5-8H2,1-4H3/t15-,16+,17+,18+,20?/m0/s1. The maximum atomic E-state index is 12.8. The van der Waals surface area contributed by atoms with Gasteiger partial charge in [-0.1, -0.05) is 30.5 Å². The van der Waals surface area contributed by atoms with Crippen LogP contribution in [0.4, 0.5) is 0 Å². The Hall–Kier alpha value is -1.56. The molecule has 1 aromatic rings. The molecule has 1 aliphatic heterocycles. The Balaban J connectivity index is 2.01. The van der Waals surface area contributed by atoms with Gasteiger partial charge in [-0.05, 0) is 52.7 Å². The van der Waals surface area contributed by atoms with Crippen LogP contribution in [0, 0.1) is 6.92 Å². The summed E-state index contributed by atoms with van der Waals surface area (Å²) in [4.78, 5) is 12.7. The molecular formula is C21H33NO8S. The zero-order valence-corrected chi connectivity index (χ0v) is 19.1. The van der Waals surface area contributed by atoms with Crippen LogP contribution in [0.15, 0.2) is 29.2 Å². The van der Waals surface area contributed by atoms with Crippen molar-refractivity contribution < 1.29 is 38.0 Å². The number of hydrogen-bond acceptors (Lipinski definition) is 8. The molecule has 2 rings (SSSR count). The second kappa shape index (κ2) is 10.4. The summed E-state index contributed by atoms with van der Waals surface area (Å²) in [6, 6.07) is 5.20. The molecule has 1 unspecified atom stereocenters. The van der Waals surface area contributed by atoms with Crippen molar-refractivity contribution in [2.75, 3.05) is 0 Å². The maximum Gasteiger partial charge on any atom is 0.324 e. The van der Waals surface area contributed by atoms with Crippen LogP contribution in [0.25, 0.3) is 0 Å². The number of rotatable bonds is 9. The molecular weight excluding hydrogens is 426 g/mol. The van der Waals surface area contributed by atoms with Gasteiger partial charge in [0.2, 0.25) is 10.0 Å². The van der Waals surface area contributed by atoms with Gasteiger partial charge in [0.25, 0.3) is 0 Å². The maximum absolute atomic E-state index is 12.8. The minimum Gasteiger partial charge on any atom is -0.459 e. The lowest BCUT2D eigenvalue weighted by molar-refractivity contribution is -0.157. The number of carbonyl (C=O) groups is 1. The van der Waals surface area contributed by atoms with Crippen LogP contribution in [0.5, 0.6) is 0 Å². The Morgan fingerprint density at radius 3 is 2.26 bits per heavy atom. The van der Waals surface area contributed by atoms with E-state index in [1.165, 1.54) is 12.1 Å². The van der Waals surface area contributed by atoms with Crippen LogP contribution < -0.4 is 4.72 Å². The van der Waals surface area contributed by atoms with Crippen LogP contribution in [0.2, 0.25) is 0 Å². The van der Waals surface area contributed by atoms with E-state index in [4.69, 9.17) is 9.47 Å². The predicted octanol–water partition coefficient (Wildman–Crippen LogP) is 0.983. The van der Waals surface area contributed by atoms with E-state index in [1.807, 2.05) is 6.92 Å². The first-order valence-corrected chi connectivity index (χ1v) is 11.8. The fourth-order valence-electron chi connectivity index (χ4n) is 3.23. The molecule has 0 bridgehead atoms. The highest BCUT2D eigenvalue weighted by molar-refractivity contribution is 7.89. The van der Waals surface area contributed by atoms with E-state index in [2.05, 4.69) is 4.72 Å². The lowest BCUT2D eigenvalue weighted by Crippen LogP contribution is -2.44. The van der Waals surface area contributed by atoms with Gasteiger partial charge in [-0.25, -0.2) is 8.42 Å². The predicted molar refractivity (Wildman–Crippen MR) is 112 cm³/mol. The summed E-state index contributed by atoms with van der Waals surface area (Å²) in [6.45, 7) is 6.94. The summed E-state index contributed by atoms with van der Waals surface area (Å²) in [5.74, 6) is -0.675. The zero-order chi connectivity index (χ0) is 23.4. The van der Waals surface area contributed by atoms with E-state index in [0.29, 0.717) is 19.3 Å². The minimum atomic E-state index is -3.93. The molecule has 1 aliphatic rings. The highest BCUT2D eigenvalue weighted by Crippen LogP contribution is 2.24. The second-order valence-electron chi connectivity index (χ2n) is 8.85. The Morgan fingerprint density at radius 1 is 1.13 bits per heavy atom. The fourth-order valence-corrected chi connectivity index (χ4v) is 4.45. The molecule has 4 N–H and O–H groups in total. The lowest BCUT2D eigenvalue weighted by Gasteiger charge is -2.24. The number of aliphatic hydroxyl groups is 3. The highest BCUT2D eigenvalue weighted by atomic mass is 32.2. The fraction of sp³-hybridized carbons (Fsp3) is 0.667. The number of ether oxygens (including phenoxy) is 2. The quantitative estimate of drug-likeness (QED) is 0.316. The van der Waals surface area contributed by atoms with Crippen molar-refractivity contribution in [2.45, 2.75) is 94.5 Å². The number of aliphatic hydroxyl groups excluding tert-OH is 3. The normalized spacial score (nSPS) is 25.4. The molecule has 1 saturated heterocycles.